The number of aromatic nitrogens is 1. The van der Waals surface area contributed by atoms with Gasteiger partial charge in [0.1, 0.15) is 12.1 Å². The molecule has 28 heavy (non-hydrogen) atoms. The van der Waals surface area contributed by atoms with Gasteiger partial charge < -0.3 is 15.2 Å². The summed E-state index contributed by atoms with van der Waals surface area (Å²) in [5.74, 6) is -0.563. The zero-order valence-electron chi connectivity index (χ0n) is 15.3. The van der Waals surface area contributed by atoms with E-state index in [9.17, 15) is 27.6 Å². The van der Waals surface area contributed by atoms with Gasteiger partial charge in [-0.1, -0.05) is 13.8 Å². The van der Waals surface area contributed by atoms with Crippen molar-refractivity contribution in [2.45, 2.75) is 33.0 Å². The van der Waals surface area contributed by atoms with Crippen molar-refractivity contribution < 1.29 is 22.8 Å². The Morgan fingerprint density at radius 3 is 2.04 bits per heavy atom. The summed E-state index contributed by atoms with van der Waals surface area (Å²) in [4.78, 5) is 35.6. The van der Waals surface area contributed by atoms with Gasteiger partial charge >= 0.3 is 6.18 Å². The van der Waals surface area contributed by atoms with Crippen molar-refractivity contribution in [3.63, 3.8) is 0 Å². The molecule has 0 atom stereocenters. The Morgan fingerprint density at radius 1 is 1.00 bits per heavy atom. The summed E-state index contributed by atoms with van der Waals surface area (Å²) in [7, 11) is 0. The van der Waals surface area contributed by atoms with Crippen molar-refractivity contribution in [3.8, 4) is 0 Å². The number of rotatable bonds is 6. The first-order valence-corrected chi connectivity index (χ1v) is 8.52. The van der Waals surface area contributed by atoms with Gasteiger partial charge in [0.2, 0.25) is 11.8 Å². The van der Waals surface area contributed by atoms with Crippen LogP contribution in [-0.4, -0.2) is 16.4 Å². The molecule has 2 N–H and O–H groups in total. The summed E-state index contributed by atoms with van der Waals surface area (Å²) < 4.78 is 39.0. The van der Waals surface area contributed by atoms with Gasteiger partial charge in [0.15, 0.2) is 0 Å². The number of carbonyl (C=O) groups excluding carboxylic acids is 2. The Hall–Kier alpha value is -3.10. The molecule has 0 bridgehead atoms. The summed E-state index contributed by atoms with van der Waals surface area (Å²) in [6, 6.07) is 7.99. The summed E-state index contributed by atoms with van der Waals surface area (Å²) in [6.07, 6.45) is -3.29. The number of hydrogen-bond donors (Lipinski definition) is 2. The molecule has 0 fully saturated rings. The number of hydrogen-bond acceptors (Lipinski definition) is 3. The number of nitrogens with one attached hydrogen (secondary N) is 2. The van der Waals surface area contributed by atoms with Crippen molar-refractivity contribution in [1.29, 1.82) is 0 Å². The highest BCUT2D eigenvalue weighted by molar-refractivity contribution is 5.92. The molecule has 0 aliphatic carbocycles. The van der Waals surface area contributed by atoms with Crippen molar-refractivity contribution in [2.24, 2.45) is 5.92 Å². The number of pyridine rings is 1. The maximum Gasteiger partial charge on any atom is 0.421 e. The van der Waals surface area contributed by atoms with Crippen LogP contribution in [0.25, 0.3) is 0 Å². The van der Waals surface area contributed by atoms with E-state index in [1.165, 1.54) is 12.1 Å². The summed E-state index contributed by atoms with van der Waals surface area (Å²) in [6.45, 7) is 3.29. The van der Waals surface area contributed by atoms with Crippen LogP contribution >= 0.6 is 0 Å². The topological polar surface area (TPSA) is 80.2 Å². The van der Waals surface area contributed by atoms with E-state index in [0.717, 1.165) is 12.3 Å². The fourth-order valence-electron chi connectivity index (χ4n) is 2.45. The van der Waals surface area contributed by atoms with Crippen LogP contribution in [0.5, 0.6) is 0 Å². The third-order valence-electron chi connectivity index (χ3n) is 3.69. The van der Waals surface area contributed by atoms with Crippen molar-refractivity contribution in [2.75, 3.05) is 10.6 Å². The number of alkyl halides is 3. The number of amides is 2. The van der Waals surface area contributed by atoms with Crippen LogP contribution < -0.4 is 16.2 Å². The molecule has 0 aliphatic heterocycles. The van der Waals surface area contributed by atoms with Crippen LogP contribution in [0.3, 0.4) is 0 Å². The van der Waals surface area contributed by atoms with E-state index in [4.69, 9.17) is 0 Å². The van der Waals surface area contributed by atoms with E-state index in [1.54, 1.807) is 12.1 Å². The van der Waals surface area contributed by atoms with Crippen LogP contribution in [-0.2, 0) is 22.3 Å². The number of carbonyl (C=O) groups is 2. The molecule has 0 spiro atoms. The lowest BCUT2D eigenvalue weighted by Gasteiger charge is -2.11. The molecule has 1 aromatic carbocycles. The second-order valence-corrected chi connectivity index (χ2v) is 6.62. The highest BCUT2D eigenvalue weighted by Gasteiger charge is 2.34. The van der Waals surface area contributed by atoms with Gasteiger partial charge in [0.25, 0.3) is 5.56 Å². The quantitative estimate of drug-likeness (QED) is 0.786. The van der Waals surface area contributed by atoms with Crippen LogP contribution in [0.1, 0.15) is 25.8 Å². The molecule has 0 radical (unpaired) electrons. The second kappa shape index (κ2) is 8.73. The van der Waals surface area contributed by atoms with Gasteiger partial charge in [-0.25, -0.2) is 0 Å². The third kappa shape index (κ3) is 5.97. The predicted octanol–water partition coefficient (Wildman–Crippen LogP) is 3.49. The fraction of sp³-hybridized carbons (Fsp3) is 0.316. The van der Waals surface area contributed by atoms with Crippen LogP contribution in [0.2, 0.25) is 0 Å². The Bertz CT molecular complexity index is 903. The monoisotopic (exact) mass is 395 g/mol. The van der Waals surface area contributed by atoms with Crippen LogP contribution in [0.4, 0.5) is 24.5 Å². The first-order valence-electron chi connectivity index (χ1n) is 8.52. The molecule has 1 heterocycles. The molecular formula is C19H20F3N3O3. The Morgan fingerprint density at radius 2 is 1.54 bits per heavy atom. The Labute approximate surface area is 159 Å². The number of benzene rings is 1. The van der Waals surface area contributed by atoms with E-state index < -0.39 is 29.8 Å². The largest absolute Gasteiger partial charge is 0.421 e. The van der Waals surface area contributed by atoms with E-state index in [0.29, 0.717) is 28.4 Å². The molecular weight excluding hydrogens is 375 g/mol. The number of halogens is 3. The summed E-state index contributed by atoms with van der Waals surface area (Å²) in [5, 5.41) is 5.21. The van der Waals surface area contributed by atoms with Gasteiger partial charge in [0, 0.05) is 24.0 Å². The minimum Gasteiger partial charge on any atom is -0.326 e. The standard InChI is InChI=1S/C19H20F3N3O3/c1-12(2)10-16(26)23-13-5-7-14(8-6-13)24-17(27)11-25-9-3-4-15(18(25)28)19(20,21)22/h3-9,12H,10-11H2,1-2H3,(H,23,26)(H,24,27). The lowest BCUT2D eigenvalue weighted by molar-refractivity contribution is -0.139. The summed E-state index contributed by atoms with van der Waals surface area (Å²) >= 11 is 0. The van der Waals surface area contributed by atoms with Gasteiger partial charge in [-0.05, 0) is 42.3 Å². The van der Waals surface area contributed by atoms with Crippen LogP contribution in [0.15, 0.2) is 47.4 Å². The van der Waals surface area contributed by atoms with E-state index in [-0.39, 0.29) is 11.8 Å². The maximum atomic E-state index is 12.8. The zero-order chi connectivity index (χ0) is 20.9. The van der Waals surface area contributed by atoms with Gasteiger partial charge in [0.05, 0.1) is 0 Å². The minimum absolute atomic E-state index is 0.129. The molecule has 1 aromatic heterocycles. The molecule has 6 nitrogen and oxygen atoms in total. The second-order valence-electron chi connectivity index (χ2n) is 6.62. The lowest BCUT2D eigenvalue weighted by atomic mass is 10.1. The number of nitrogens with zero attached hydrogens (tertiary/aromatic N) is 1. The SMILES string of the molecule is CC(C)CC(=O)Nc1ccc(NC(=O)Cn2cccc(C(F)(F)F)c2=O)cc1. The Kier molecular flexibility index (Phi) is 6.61. The van der Waals surface area contributed by atoms with Crippen LogP contribution in [0, 0.1) is 5.92 Å². The van der Waals surface area contributed by atoms with Crippen molar-refractivity contribution in [1.82, 2.24) is 4.57 Å². The maximum absolute atomic E-state index is 12.8. The molecule has 2 rings (SSSR count). The lowest BCUT2D eigenvalue weighted by Crippen LogP contribution is -2.31. The van der Waals surface area contributed by atoms with Gasteiger partial charge in [-0.2, -0.15) is 13.2 Å². The number of anilines is 2. The molecule has 0 saturated heterocycles. The average Bonchev–Trinajstić information content (AvgIpc) is 2.56. The molecule has 0 unspecified atom stereocenters. The average molecular weight is 395 g/mol. The molecule has 2 amide bonds. The smallest absolute Gasteiger partial charge is 0.326 e. The highest BCUT2D eigenvalue weighted by Crippen LogP contribution is 2.26. The van der Waals surface area contributed by atoms with E-state index in [2.05, 4.69) is 10.6 Å². The first-order chi connectivity index (χ1) is 13.1. The van der Waals surface area contributed by atoms with Gasteiger partial charge in [-0.3, -0.25) is 14.4 Å². The Balaban J connectivity index is 2.01. The minimum atomic E-state index is -4.79. The fourth-order valence-corrected chi connectivity index (χ4v) is 2.45. The molecule has 150 valence electrons. The van der Waals surface area contributed by atoms with Crippen molar-refractivity contribution in [3.05, 3.63) is 58.5 Å². The molecule has 0 saturated carbocycles. The third-order valence-corrected chi connectivity index (χ3v) is 3.69. The summed E-state index contributed by atoms with van der Waals surface area (Å²) in [5.41, 5.74) is -1.68. The van der Waals surface area contributed by atoms with Crippen molar-refractivity contribution >= 4 is 23.2 Å². The normalized spacial score (nSPS) is 11.4. The van der Waals surface area contributed by atoms with E-state index >= 15 is 0 Å². The molecule has 9 heteroatoms. The van der Waals surface area contributed by atoms with E-state index in [1.807, 2.05) is 13.8 Å². The predicted molar refractivity (Wildman–Crippen MR) is 98.9 cm³/mol. The first kappa shape index (κ1) is 21.2. The zero-order valence-corrected chi connectivity index (χ0v) is 15.3. The van der Waals surface area contributed by atoms with Gasteiger partial charge in [-0.15, -0.1) is 0 Å². The highest BCUT2D eigenvalue weighted by atomic mass is 19.4. The molecule has 0 aliphatic rings. The molecule has 2 aromatic rings.